The Bertz CT molecular complexity index is 1150. The SMILES string of the molecule is CC(C)c1ccc(C2C3=C(CC(C)(C)CC3=O)Nc3c4ccccc4nn32)cc1. The minimum Gasteiger partial charge on any atom is -0.343 e. The summed E-state index contributed by atoms with van der Waals surface area (Å²) in [6.45, 7) is 8.75. The maximum atomic E-state index is 13.3. The zero-order valence-corrected chi connectivity index (χ0v) is 17.5. The van der Waals surface area contributed by atoms with E-state index >= 15 is 0 Å². The highest BCUT2D eigenvalue weighted by atomic mass is 16.1. The maximum absolute atomic E-state index is 13.3. The maximum Gasteiger partial charge on any atom is 0.163 e. The van der Waals surface area contributed by atoms with E-state index in [1.165, 1.54) is 5.56 Å². The molecule has 4 nitrogen and oxygen atoms in total. The molecule has 1 N–H and O–H groups in total. The number of anilines is 1. The lowest BCUT2D eigenvalue weighted by molar-refractivity contribution is -0.118. The summed E-state index contributed by atoms with van der Waals surface area (Å²) >= 11 is 0. The van der Waals surface area contributed by atoms with Crippen molar-refractivity contribution in [3.05, 3.63) is 70.9 Å². The van der Waals surface area contributed by atoms with Crippen molar-refractivity contribution in [2.75, 3.05) is 5.32 Å². The quantitative estimate of drug-likeness (QED) is 0.605. The minimum absolute atomic E-state index is 0.0348. The summed E-state index contributed by atoms with van der Waals surface area (Å²) < 4.78 is 2.02. The van der Waals surface area contributed by atoms with Crippen LogP contribution in [0, 0.1) is 5.41 Å². The van der Waals surface area contributed by atoms with Crippen molar-refractivity contribution in [3.8, 4) is 0 Å². The number of benzene rings is 2. The van der Waals surface area contributed by atoms with E-state index in [0.29, 0.717) is 12.3 Å². The molecule has 0 spiro atoms. The van der Waals surface area contributed by atoms with Gasteiger partial charge in [0.1, 0.15) is 11.9 Å². The molecule has 29 heavy (non-hydrogen) atoms. The fourth-order valence-electron chi connectivity index (χ4n) is 4.76. The number of ketones is 1. The van der Waals surface area contributed by atoms with Crippen molar-refractivity contribution in [2.24, 2.45) is 5.41 Å². The Kier molecular flexibility index (Phi) is 3.95. The highest BCUT2D eigenvalue weighted by molar-refractivity contribution is 6.02. The summed E-state index contributed by atoms with van der Waals surface area (Å²) in [5, 5.41) is 9.59. The zero-order valence-electron chi connectivity index (χ0n) is 17.5. The standard InChI is InChI=1S/C25H27N3O/c1-15(2)16-9-11-17(12-10-16)23-22-20(13-25(3,4)14-21(22)29)26-24-18-7-5-6-8-19(18)27-28(23)24/h5-12,15,23,26H,13-14H2,1-4H3. The summed E-state index contributed by atoms with van der Waals surface area (Å²) in [5.74, 6) is 1.70. The second-order valence-electron chi connectivity index (χ2n) is 9.49. The van der Waals surface area contributed by atoms with Crippen LogP contribution in [0.3, 0.4) is 0 Å². The minimum atomic E-state index is -0.182. The average Bonchev–Trinajstić information content (AvgIpc) is 3.04. The van der Waals surface area contributed by atoms with Gasteiger partial charge in [-0.25, -0.2) is 4.68 Å². The molecule has 1 atom stereocenters. The predicted octanol–water partition coefficient (Wildman–Crippen LogP) is 5.82. The summed E-state index contributed by atoms with van der Waals surface area (Å²) in [5.41, 5.74) is 5.27. The fraction of sp³-hybridized carbons (Fsp3) is 0.360. The first kappa shape index (κ1) is 18.2. The number of hydrogen-bond acceptors (Lipinski definition) is 3. The monoisotopic (exact) mass is 385 g/mol. The van der Waals surface area contributed by atoms with Gasteiger partial charge >= 0.3 is 0 Å². The van der Waals surface area contributed by atoms with Gasteiger partial charge in [-0.05, 0) is 41.0 Å². The van der Waals surface area contributed by atoms with Gasteiger partial charge in [-0.15, -0.1) is 0 Å². The summed E-state index contributed by atoms with van der Waals surface area (Å²) in [4.78, 5) is 13.3. The number of carbonyl (C=O) groups is 1. The predicted molar refractivity (Wildman–Crippen MR) is 117 cm³/mol. The molecule has 5 rings (SSSR count). The number of aromatic nitrogens is 2. The fourth-order valence-corrected chi connectivity index (χ4v) is 4.76. The number of Topliss-reactive ketones (excluding diaryl/α,β-unsaturated/α-hetero) is 1. The van der Waals surface area contributed by atoms with Crippen LogP contribution in [-0.4, -0.2) is 15.6 Å². The average molecular weight is 386 g/mol. The molecule has 2 aliphatic rings. The van der Waals surface area contributed by atoms with Crippen LogP contribution >= 0.6 is 0 Å². The van der Waals surface area contributed by atoms with E-state index in [9.17, 15) is 4.79 Å². The topological polar surface area (TPSA) is 46.9 Å². The highest BCUT2D eigenvalue weighted by Gasteiger charge is 2.41. The number of carbonyl (C=O) groups excluding carboxylic acids is 1. The van der Waals surface area contributed by atoms with E-state index in [2.05, 4.69) is 63.3 Å². The molecule has 0 saturated carbocycles. The van der Waals surface area contributed by atoms with Gasteiger partial charge in [-0.3, -0.25) is 4.79 Å². The second-order valence-corrected chi connectivity index (χ2v) is 9.49. The third-order valence-corrected chi connectivity index (χ3v) is 6.23. The van der Waals surface area contributed by atoms with Crippen LogP contribution in [0.4, 0.5) is 5.82 Å². The summed E-state index contributed by atoms with van der Waals surface area (Å²) in [7, 11) is 0. The normalized spacial score (nSPS) is 20.6. The van der Waals surface area contributed by atoms with Gasteiger partial charge in [0.15, 0.2) is 5.78 Å². The van der Waals surface area contributed by atoms with Crippen LogP contribution in [0.15, 0.2) is 59.8 Å². The van der Waals surface area contributed by atoms with E-state index in [0.717, 1.165) is 40.0 Å². The molecule has 1 unspecified atom stereocenters. The molecule has 3 aromatic rings. The van der Waals surface area contributed by atoms with Crippen LogP contribution in [0.2, 0.25) is 0 Å². The Morgan fingerprint density at radius 3 is 2.52 bits per heavy atom. The molecule has 0 saturated heterocycles. The van der Waals surface area contributed by atoms with E-state index in [4.69, 9.17) is 5.10 Å². The Morgan fingerprint density at radius 2 is 1.79 bits per heavy atom. The van der Waals surface area contributed by atoms with Crippen molar-refractivity contribution >= 4 is 22.5 Å². The van der Waals surface area contributed by atoms with Crippen LogP contribution < -0.4 is 5.32 Å². The van der Waals surface area contributed by atoms with Gasteiger partial charge in [-0.2, -0.15) is 5.10 Å². The number of fused-ring (bicyclic) bond motifs is 3. The molecule has 4 heteroatoms. The van der Waals surface area contributed by atoms with Crippen molar-refractivity contribution in [3.63, 3.8) is 0 Å². The molecule has 2 aromatic carbocycles. The molecule has 0 amide bonds. The largest absolute Gasteiger partial charge is 0.343 e. The molecular weight excluding hydrogens is 358 g/mol. The van der Waals surface area contributed by atoms with E-state index in [1.807, 2.05) is 22.9 Å². The first-order chi connectivity index (χ1) is 13.8. The molecular formula is C25H27N3O. The van der Waals surface area contributed by atoms with Gasteiger partial charge in [0, 0.05) is 23.1 Å². The third kappa shape index (κ3) is 2.89. The molecule has 148 valence electrons. The smallest absolute Gasteiger partial charge is 0.163 e. The Hall–Kier alpha value is -2.88. The number of rotatable bonds is 2. The van der Waals surface area contributed by atoms with Gasteiger partial charge in [0.2, 0.25) is 0 Å². The Labute approximate surface area is 171 Å². The molecule has 1 aliphatic heterocycles. The van der Waals surface area contributed by atoms with Gasteiger partial charge in [-0.1, -0.05) is 64.1 Å². The first-order valence-corrected chi connectivity index (χ1v) is 10.4. The molecule has 0 bridgehead atoms. The van der Waals surface area contributed by atoms with Crippen LogP contribution in [0.25, 0.3) is 10.9 Å². The zero-order chi connectivity index (χ0) is 20.3. The lowest BCUT2D eigenvalue weighted by Gasteiger charge is -2.39. The molecule has 0 radical (unpaired) electrons. The summed E-state index contributed by atoms with van der Waals surface area (Å²) in [6, 6.07) is 16.7. The van der Waals surface area contributed by atoms with E-state index in [1.54, 1.807) is 0 Å². The number of nitrogens with zero attached hydrogens (tertiary/aromatic N) is 2. The molecule has 1 aromatic heterocycles. The van der Waals surface area contributed by atoms with Crippen molar-refractivity contribution in [1.82, 2.24) is 9.78 Å². The highest BCUT2D eigenvalue weighted by Crippen LogP contribution is 2.47. The lowest BCUT2D eigenvalue weighted by Crippen LogP contribution is -2.36. The molecule has 0 fully saturated rings. The van der Waals surface area contributed by atoms with Crippen molar-refractivity contribution < 1.29 is 4.79 Å². The Morgan fingerprint density at radius 1 is 1.07 bits per heavy atom. The van der Waals surface area contributed by atoms with E-state index < -0.39 is 0 Å². The first-order valence-electron chi connectivity index (χ1n) is 10.4. The van der Waals surface area contributed by atoms with Crippen LogP contribution in [0.1, 0.15) is 63.6 Å². The number of allylic oxidation sites excluding steroid dienone is 2. The van der Waals surface area contributed by atoms with Gasteiger partial charge in [0.25, 0.3) is 0 Å². The van der Waals surface area contributed by atoms with Crippen LogP contribution in [0.5, 0.6) is 0 Å². The van der Waals surface area contributed by atoms with Crippen molar-refractivity contribution in [1.29, 1.82) is 0 Å². The molecule has 2 heterocycles. The van der Waals surface area contributed by atoms with Gasteiger partial charge < -0.3 is 5.32 Å². The summed E-state index contributed by atoms with van der Waals surface area (Å²) in [6.07, 6.45) is 1.44. The van der Waals surface area contributed by atoms with Gasteiger partial charge in [0.05, 0.1) is 5.52 Å². The molecule has 1 aliphatic carbocycles. The van der Waals surface area contributed by atoms with E-state index in [-0.39, 0.29) is 17.2 Å². The number of nitrogens with one attached hydrogen (secondary N) is 1. The lowest BCUT2D eigenvalue weighted by atomic mass is 9.73. The van der Waals surface area contributed by atoms with Crippen molar-refractivity contribution in [2.45, 2.75) is 52.5 Å². The Balaban J connectivity index is 1.73. The second kappa shape index (κ2) is 6.31. The van der Waals surface area contributed by atoms with Crippen LogP contribution in [-0.2, 0) is 4.79 Å². The number of hydrogen-bond donors (Lipinski definition) is 1. The third-order valence-electron chi connectivity index (χ3n) is 6.23.